The number of aryl methyl sites for hydroxylation is 1. The van der Waals surface area contributed by atoms with Gasteiger partial charge in [0.15, 0.2) is 0 Å². The number of carbonyl (C=O) groups is 1. The highest BCUT2D eigenvalue weighted by Crippen LogP contribution is 2.28. The molecule has 0 aliphatic rings. The predicted molar refractivity (Wildman–Crippen MR) is 125 cm³/mol. The van der Waals surface area contributed by atoms with Crippen LogP contribution < -0.4 is 9.62 Å². The Morgan fingerprint density at radius 1 is 1.10 bits per heavy atom. The van der Waals surface area contributed by atoms with Crippen molar-refractivity contribution >= 4 is 44.7 Å². The molecule has 1 N–H and O–H groups in total. The van der Waals surface area contributed by atoms with Crippen LogP contribution in [-0.2, 0) is 14.8 Å². The fraction of sp³-hybridized carbons (Fsp3) is 0.227. The standard InChI is InChI=1S/C22H23FN2O3S3/c1-17-9-11-18(12-10-17)29-15-5-13-24-21(26)16-25(20-7-3-2-6-19(20)23)31(27,28)22-8-4-14-30-22/h2-4,6-12,14H,5,13,15-16H2,1H3,(H,24,26). The van der Waals surface area contributed by atoms with Gasteiger partial charge in [0.2, 0.25) is 5.91 Å². The van der Waals surface area contributed by atoms with Crippen molar-refractivity contribution < 1.29 is 17.6 Å². The highest BCUT2D eigenvalue weighted by atomic mass is 32.2. The highest BCUT2D eigenvalue weighted by Gasteiger charge is 2.29. The molecule has 0 unspecified atom stereocenters. The van der Waals surface area contributed by atoms with Crippen molar-refractivity contribution in [3.05, 3.63) is 77.4 Å². The molecule has 0 saturated carbocycles. The maximum atomic E-state index is 14.4. The van der Waals surface area contributed by atoms with E-state index in [4.69, 9.17) is 0 Å². The number of sulfonamides is 1. The van der Waals surface area contributed by atoms with Crippen LogP contribution in [0.25, 0.3) is 0 Å². The molecule has 3 rings (SSSR count). The van der Waals surface area contributed by atoms with E-state index in [2.05, 4.69) is 29.6 Å². The zero-order valence-electron chi connectivity index (χ0n) is 17.0. The zero-order valence-corrected chi connectivity index (χ0v) is 19.4. The molecule has 0 radical (unpaired) electrons. The minimum Gasteiger partial charge on any atom is -0.354 e. The Kier molecular flexibility index (Phi) is 8.11. The molecule has 0 spiro atoms. The molecule has 3 aromatic rings. The SMILES string of the molecule is Cc1ccc(SCCCNC(=O)CN(c2ccccc2F)S(=O)(=O)c2cccs2)cc1. The van der Waals surface area contributed by atoms with E-state index in [0.717, 1.165) is 32.7 Å². The molecule has 0 bridgehead atoms. The van der Waals surface area contributed by atoms with E-state index in [1.165, 1.54) is 35.9 Å². The van der Waals surface area contributed by atoms with Crippen LogP contribution >= 0.6 is 23.1 Å². The number of benzene rings is 2. The van der Waals surface area contributed by atoms with E-state index in [0.29, 0.717) is 6.54 Å². The summed E-state index contributed by atoms with van der Waals surface area (Å²) in [7, 11) is -4.06. The number of nitrogens with one attached hydrogen (secondary N) is 1. The number of halogens is 1. The summed E-state index contributed by atoms with van der Waals surface area (Å²) in [5, 5.41) is 4.36. The molecule has 1 aromatic heterocycles. The number of thioether (sulfide) groups is 1. The molecule has 31 heavy (non-hydrogen) atoms. The predicted octanol–water partition coefficient (Wildman–Crippen LogP) is 4.69. The van der Waals surface area contributed by atoms with Crippen LogP contribution in [0.2, 0.25) is 0 Å². The third-order valence-corrected chi connectivity index (χ3v) is 8.61. The van der Waals surface area contributed by atoms with Crippen molar-refractivity contribution in [2.45, 2.75) is 22.4 Å². The summed E-state index contributed by atoms with van der Waals surface area (Å²) in [4.78, 5) is 13.6. The number of anilines is 1. The van der Waals surface area contributed by atoms with Crippen LogP contribution in [0.3, 0.4) is 0 Å². The smallest absolute Gasteiger partial charge is 0.274 e. The molecular formula is C22H23FN2O3S3. The van der Waals surface area contributed by atoms with Gasteiger partial charge in [0.05, 0.1) is 5.69 Å². The molecule has 9 heteroatoms. The molecular weight excluding hydrogens is 455 g/mol. The maximum Gasteiger partial charge on any atom is 0.274 e. The number of nitrogens with zero attached hydrogens (tertiary/aromatic N) is 1. The quantitative estimate of drug-likeness (QED) is 0.339. The van der Waals surface area contributed by atoms with Crippen molar-refractivity contribution in [3.63, 3.8) is 0 Å². The highest BCUT2D eigenvalue weighted by molar-refractivity contribution is 7.99. The van der Waals surface area contributed by atoms with Gasteiger partial charge in [-0.1, -0.05) is 35.9 Å². The number of amides is 1. The Labute approximate surface area is 190 Å². The van der Waals surface area contributed by atoms with Gasteiger partial charge in [0.1, 0.15) is 16.6 Å². The second-order valence-corrected chi connectivity index (χ2v) is 11.0. The van der Waals surface area contributed by atoms with Gasteiger partial charge in [-0.3, -0.25) is 9.10 Å². The Bertz CT molecular complexity index is 1100. The maximum absolute atomic E-state index is 14.4. The summed E-state index contributed by atoms with van der Waals surface area (Å²) in [6.07, 6.45) is 0.724. The number of carbonyl (C=O) groups excluding carboxylic acids is 1. The summed E-state index contributed by atoms with van der Waals surface area (Å²) in [5.41, 5.74) is 1.05. The third kappa shape index (κ3) is 6.32. The van der Waals surface area contributed by atoms with Crippen LogP contribution in [0.15, 0.2) is 75.1 Å². The Balaban J connectivity index is 1.60. The third-order valence-electron chi connectivity index (χ3n) is 4.38. The molecule has 164 valence electrons. The van der Waals surface area contributed by atoms with E-state index in [-0.39, 0.29) is 9.90 Å². The van der Waals surface area contributed by atoms with Gasteiger partial charge in [-0.15, -0.1) is 23.1 Å². The van der Waals surface area contributed by atoms with Crippen molar-refractivity contribution in [2.24, 2.45) is 0 Å². The first kappa shape index (κ1) is 23.3. The van der Waals surface area contributed by atoms with E-state index in [1.807, 2.05) is 6.92 Å². The molecule has 1 heterocycles. The second kappa shape index (κ2) is 10.8. The molecule has 5 nitrogen and oxygen atoms in total. The second-order valence-electron chi connectivity index (χ2n) is 6.76. The molecule has 0 atom stereocenters. The van der Waals surface area contributed by atoms with Crippen LogP contribution in [0.5, 0.6) is 0 Å². The zero-order chi connectivity index (χ0) is 22.3. The molecule has 1 amide bonds. The lowest BCUT2D eigenvalue weighted by atomic mass is 10.2. The topological polar surface area (TPSA) is 66.5 Å². The molecule has 0 aliphatic carbocycles. The van der Waals surface area contributed by atoms with Gasteiger partial charge in [0, 0.05) is 11.4 Å². The molecule has 0 fully saturated rings. The van der Waals surface area contributed by atoms with Crippen LogP contribution in [0, 0.1) is 12.7 Å². The first-order chi connectivity index (χ1) is 14.9. The molecule has 0 saturated heterocycles. The largest absolute Gasteiger partial charge is 0.354 e. The lowest BCUT2D eigenvalue weighted by Gasteiger charge is -2.23. The number of rotatable bonds is 10. The summed E-state index contributed by atoms with van der Waals surface area (Å²) >= 11 is 2.71. The summed E-state index contributed by atoms with van der Waals surface area (Å²) in [6.45, 7) is 1.95. The van der Waals surface area contributed by atoms with E-state index < -0.39 is 28.3 Å². The van der Waals surface area contributed by atoms with Crippen molar-refractivity contribution in [1.82, 2.24) is 5.32 Å². The fourth-order valence-corrected chi connectivity index (χ4v) is 6.17. The van der Waals surface area contributed by atoms with Gasteiger partial charge < -0.3 is 5.32 Å². The van der Waals surface area contributed by atoms with E-state index in [1.54, 1.807) is 23.2 Å². The van der Waals surface area contributed by atoms with Crippen molar-refractivity contribution in [2.75, 3.05) is 23.1 Å². The lowest BCUT2D eigenvalue weighted by Crippen LogP contribution is -2.41. The summed E-state index contributed by atoms with van der Waals surface area (Å²) in [5.74, 6) is -0.373. The lowest BCUT2D eigenvalue weighted by molar-refractivity contribution is -0.119. The van der Waals surface area contributed by atoms with Gasteiger partial charge in [0.25, 0.3) is 10.0 Å². The fourth-order valence-electron chi connectivity index (χ4n) is 2.78. The molecule has 2 aromatic carbocycles. The van der Waals surface area contributed by atoms with Gasteiger partial charge in [-0.25, -0.2) is 12.8 Å². The average molecular weight is 479 g/mol. The number of hydrogen-bond acceptors (Lipinski definition) is 5. The summed E-state index contributed by atoms with van der Waals surface area (Å²) in [6, 6.07) is 16.8. The monoisotopic (exact) mass is 478 g/mol. The minimum absolute atomic E-state index is 0.0538. The Morgan fingerprint density at radius 3 is 2.52 bits per heavy atom. The minimum atomic E-state index is -4.06. The summed E-state index contributed by atoms with van der Waals surface area (Å²) < 4.78 is 41.3. The first-order valence-electron chi connectivity index (χ1n) is 9.65. The van der Waals surface area contributed by atoms with E-state index in [9.17, 15) is 17.6 Å². The van der Waals surface area contributed by atoms with Gasteiger partial charge in [-0.2, -0.15) is 0 Å². The number of para-hydroxylation sites is 1. The number of thiophene rings is 1. The normalized spacial score (nSPS) is 11.3. The number of hydrogen-bond donors (Lipinski definition) is 1. The average Bonchev–Trinajstić information content (AvgIpc) is 3.30. The van der Waals surface area contributed by atoms with Crippen molar-refractivity contribution in [3.8, 4) is 0 Å². The van der Waals surface area contributed by atoms with Gasteiger partial charge in [-0.05, 0) is 54.8 Å². The van der Waals surface area contributed by atoms with Crippen LogP contribution in [-0.4, -0.2) is 33.2 Å². The van der Waals surface area contributed by atoms with Crippen molar-refractivity contribution in [1.29, 1.82) is 0 Å². The first-order valence-corrected chi connectivity index (χ1v) is 13.0. The molecule has 0 aliphatic heterocycles. The Morgan fingerprint density at radius 2 is 1.84 bits per heavy atom. The van der Waals surface area contributed by atoms with Gasteiger partial charge >= 0.3 is 0 Å². The Hall–Kier alpha value is -2.36. The van der Waals surface area contributed by atoms with Crippen LogP contribution in [0.4, 0.5) is 10.1 Å². The van der Waals surface area contributed by atoms with E-state index >= 15 is 0 Å². The van der Waals surface area contributed by atoms with Crippen LogP contribution in [0.1, 0.15) is 12.0 Å².